The summed E-state index contributed by atoms with van der Waals surface area (Å²) >= 11 is 11.7. The average Bonchev–Trinajstić information content (AvgIpc) is 1.85. The van der Waals surface area contributed by atoms with Gasteiger partial charge in [-0.25, -0.2) is 0 Å². The fraction of sp³-hybridized carbons (Fsp3) is 0.250. The third-order valence-corrected chi connectivity index (χ3v) is 2.02. The van der Waals surface area contributed by atoms with E-state index < -0.39 is 0 Å². The Morgan fingerprint density at radius 1 is 1.25 bits per heavy atom. The molecule has 0 saturated heterocycles. The number of anilines is 1. The van der Waals surface area contributed by atoms with E-state index in [0.29, 0.717) is 10.0 Å². The van der Waals surface area contributed by atoms with Gasteiger partial charge in [-0.1, -0.05) is 23.2 Å². The van der Waals surface area contributed by atoms with Gasteiger partial charge in [0.05, 0.1) is 10.7 Å². The Hall–Kier alpha value is -0.110. The molecule has 1 aromatic carbocycles. The molecule has 0 saturated carbocycles. The minimum atomic E-state index is 0. The van der Waals surface area contributed by atoms with Gasteiger partial charge in [0.25, 0.3) is 0 Å². The number of aryl methyl sites for hydroxylation is 1. The topological polar surface area (TPSA) is 12.0 Å². The Labute approximate surface area is 88.5 Å². The van der Waals surface area contributed by atoms with Crippen molar-refractivity contribution in [3.8, 4) is 0 Å². The standard InChI is InChI=1S/C8H9Cl2N.ClH/c1-5-3-6(9)4-7(10)8(5)11-2;/h3-4,11H,1-2H3;1H. The zero-order valence-electron chi connectivity index (χ0n) is 6.82. The maximum absolute atomic E-state index is 5.89. The van der Waals surface area contributed by atoms with E-state index in [1.807, 2.05) is 20.0 Å². The first-order valence-corrected chi connectivity index (χ1v) is 4.04. The third kappa shape index (κ3) is 2.44. The van der Waals surface area contributed by atoms with Crippen molar-refractivity contribution in [3.05, 3.63) is 27.7 Å². The second kappa shape index (κ2) is 4.80. The minimum Gasteiger partial charge on any atom is -0.387 e. The highest BCUT2D eigenvalue weighted by molar-refractivity contribution is 6.36. The van der Waals surface area contributed by atoms with Crippen molar-refractivity contribution in [1.29, 1.82) is 0 Å². The molecule has 1 rings (SSSR count). The van der Waals surface area contributed by atoms with Gasteiger partial charge in [0.15, 0.2) is 0 Å². The molecule has 0 bridgehead atoms. The van der Waals surface area contributed by atoms with Gasteiger partial charge in [-0.05, 0) is 24.6 Å². The fourth-order valence-electron chi connectivity index (χ4n) is 1.02. The van der Waals surface area contributed by atoms with Crippen molar-refractivity contribution in [2.45, 2.75) is 6.92 Å². The van der Waals surface area contributed by atoms with Gasteiger partial charge in [-0.15, -0.1) is 12.4 Å². The summed E-state index contributed by atoms with van der Waals surface area (Å²) in [6, 6.07) is 3.60. The highest BCUT2D eigenvalue weighted by Gasteiger charge is 2.02. The number of nitrogens with one attached hydrogen (secondary N) is 1. The zero-order valence-corrected chi connectivity index (χ0v) is 9.15. The van der Waals surface area contributed by atoms with Crippen LogP contribution in [0.1, 0.15) is 5.56 Å². The molecule has 0 aliphatic heterocycles. The van der Waals surface area contributed by atoms with Crippen molar-refractivity contribution in [2.75, 3.05) is 12.4 Å². The second-order valence-corrected chi connectivity index (χ2v) is 3.17. The molecule has 0 heterocycles. The van der Waals surface area contributed by atoms with E-state index in [2.05, 4.69) is 5.32 Å². The van der Waals surface area contributed by atoms with Crippen LogP contribution in [0.25, 0.3) is 0 Å². The van der Waals surface area contributed by atoms with E-state index in [9.17, 15) is 0 Å². The quantitative estimate of drug-likeness (QED) is 0.769. The Morgan fingerprint density at radius 2 is 1.83 bits per heavy atom. The fourth-order valence-corrected chi connectivity index (χ4v) is 1.71. The van der Waals surface area contributed by atoms with Crippen molar-refractivity contribution in [3.63, 3.8) is 0 Å². The molecule has 0 aliphatic rings. The maximum Gasteiger partial charge on any atom is 0.0654 e. The highest BCUT2D eigenvalue weighted by atomic mass is 35.5. The summed E-state index contributed by atoms with van der Waals surface area (Å²) in [4.78, 5) is 0. The van der Waals surface area contributed by atoms with Crippen molar-refractivity contribution in [1.82, 2.24) is 0 Å². The predicted molar refractivity (Wildman–Crippen MR) is 58.0 cm³/mol. The molecule has 0 fully saturated rings. The van der Waals surface area contributed by atoms with E-state index in [1.165, 1.54) is 0 Å². The molecular weight excluding hydrogens is 216 g/mol. The highest BCUT2D eigenvalue weighted by Crippen LogP contribution is 2.28. The molecule has 1 nitrogen and oxygen atoms in total. The molecule has 68 valence electrons. The van der Waals surface area contributed by atoms with Crippen molar-refractivity contribution in [2.24, 2.45) is 0 Å². The largest absolute Gasteiger partial charge is 0.387 e. The van der Waals surface area contributed by atoms with E-state index in [-0.39, 0.29) is 12.4 Å². The Morgan fingerprint density at radius 3 is 2.25 bits per heavy atom. The van der Waals surface area contributed by atoms with Gasteiger partial charge in [0.2, 0.25) is 0 Å². The van der Waals surface area contributed by atoms with Crippen LogP contribution >= 0.6 is 35.6 Å². The summed E-state index contributed by atoms with van der Waals surface area (Å²) < 4.78 is 0. The van der Waals surface area contributed by atoms with Crippen LogP contribution in [-0.4, -0.2) is 7.05 Å². The lowest BCUT2D eigenvalue weighted by molar-refractivity contribution is 1.41. The number of hydrogen-bond acceptors (Lipinski definition) is 1. The lowest BCUT2D eigenvalue weighted by Crippen LogP contribution is -1.92. The monoisotopic (exact) mass is 225 g/mol. The van der Waals surface area contributed by atoms with Crippen LogP contribution in [0.5, 0.6) is 0 Å². The van der Waals surface area contributed by atoms with Crippen LogP contribution < -0.4 is 5.32 Å². The molecular formula is C8H10Cl3N. The minimum absolute atomic E-state index is 0. The molecule has 0 unspecified atom stereocenters. The van der Waals surface area contributed by atoms with Crippen LogP contribution in [0.3, 0.4) is 0 Å². The van der Waals surface area contributed by atoms with Gasteiger partial charge in [0, 0.05) is 12.1 Å². The van der Waals surface area contributed by atoms with Crippen LogP contribution in [0.4, 0.5) is 5.69 Å². The van der Waals surface area contributed by atoms with Gasteiger partial charge >= 0.3 is 0 Å². The average molecular weight is 227 g/mol. The molecule has 1 aromatic rings. The van der Waals surface area contributed by atoms with E-state index in [4.69, 9.17) is 23.2 Å². The summed E-state index contributed by atoms with van der Waals surface area (Å²) in [6.07, 6.45) is 0. The molecule has 0 aliphatic carbocycles. The molecule has 0 aromatic heterocycles. The van der Waals surface area contributed by atoms with E-state index in [1.54, 1.807) is 6.07 Å². The number of rotatable bonds is 1. The van der Waals surface area contributed by atoms with E-state index >= 15 is 0 Å². The lowest BCUT2D eigenvalue weighted by atomic mass is 10.2. The SMILES string of the molecule is CNc1c(C)cc(Cl)cc1Cl.Cl. The van der Waals surface area contributed by atoms with Crippen molar-refractivity contribution >= 4 is 41.3 Å². The van der Waals surface area contributed by atoms with Crippen LogP contribution in [0, 0.1) is 6.92 Å². The van der Waals surface area contributed by atoms with E-state index in [0.717, 1.165) is 11.3 Å². The summed E-state index contributed by atoms with van der Waals surface area (Å²) in [7, 11) is 1.84. The lowest BCUT2D eigenvalue weighted by Gasteiger charge is -2.07. The van der Waals surface area contributed by atoms with Crippen LogP contribution in [0.15, 0.2) is 12.1 Å². The van der Waals surface area contributed by atoms with Gasteiger partial charge in [-0.3, -0.25) is 0 Å². The molecule has 0 amide bonds. The summed E-state index contributed by atoms with van der Waals surface area (Å²) in [5.41, 5.74) is 2.00. The predicted octanol–water partition coefficient (Wildman–Crippen LogP) is 3.77. The molecule has 0 atom stereocenters. The smallest absolute Gasteiger partial charge is 0.0654 e. The van der Waals surface area contributed by atoms with Gasteiger partial charge < -0.3 is 5.32 Å². The molecule has 0 radical (unpaired) electrons. The third-order valence-electron chi connectivity index (χ3n) is 1.50. The Balaban J connectivity index is 0.00000121. The number of halogens is 3. The van der Waals surface area contributed by atoms with Crippen LogP contribution in [0.2, 0.25) is 10.0 Å². The Kier molecular flexibility index (Phi) is 4.76. The van der Waals surface area contributed by atoms with Gasteiger partial charge in [0.1, 0.15) is 0 Å². The molecule has 1 N–H and O–H groups in total. The Bertz CT molecular complexity index is 250. The number of hydrogen-bond donors (Lipinski definition) is 1. The summed E-state index contributed by atoms with van der Waals surface area (Å²) in [5.74, 6) is 0. The summed E-state index contributed by atoms with van der Waals surface area (Å²) in [5, 5.41) is 4.34. The maximum atomic E-state index is 5.89. The first-order chi connectivity index (χ1) is 5.15. The molecule has 12 heavy (non-hydrogen) atoms. The van der Waals surface area contributed by atoms with Crippen molar-refractivity contribution < 1.29 is 0 Å². The first kappa shape index (κ1) is 11.9. The second-order valence-electron chi connectivity index (χ2n) is 2.33. The molecule has 0 spiro atoms. The number of benzene rings is 1. The normalized spacial score (nSPS) is 9.00. The molecule has 4 heteroatoms. The first-order valence-electron chi connectivity index (χ1n) is 3.28. The van der Waals surface area contributed by atoms with Gasteiger partial charge in [-0.2, -0.15) is 0 Å². The van der Waals surface area contributed by atoms with Crippen LogP contribution in [-0.2, 0) is 0 Å². The zero-order chi connectivity index (χ0) is 8.43. The summed E-state index contributed by atoms with van der Waals surface area (Å²) in [6.45, 7) is 1.96.